The van der Waals surface area contributed by atoms with E-state index in [2.05, 4.69) is 10.7 Å². The Hall–Kier alpha value is -0.120. The Bertz CT molecular complexity index is 12.4. The Morgan fingerprint density at radius 1 is 1.80 bits per heavy atom. The minimum absolute atomic E-state index is 0.667. The molecule has 5 heavy (non-hydrogen) atoms. The van der Waals surface area contributed by atoms with Crippen LogP contribution in [0.1, 0.15) is 0 Å². The van der Waals surface area contributed by atoms with Crippen LogP contribution in [0.3, 0.4) is 0 Å². The molecule has 0 aliphatic rings. The summed E-state index contributed by atoms with van der Waals surface area (Å²) >= 11 is 0. The van der Waals surface area contributed by atoms with E-state index in [9.17, 15) is 0 Å². The van der Waals surface area contributed by atoms with E-state index in [1.807, 2.05) is 7.05 Å². The average Bonchev–Trinajstić information content (AvgIpc) is 1.41. The first-order chi connectivity index (χ1) is 2.41. The molecule has 0 amide bonds. The highest BCUT2D eigenvalue weighted by atomic mass is 15.3. The molecule has 0 spiro atoms. The lowest BCUT2D eigenvalue weighted by Crippen LogP contribution is -2.31. The van der Waals surface area contributed by atoms with Crippen LogP contribution in [0, 0.1) is 0 Å². The van der Waals surface area contributed by atoms with Crippen molar-refractivity contribution in [1.29, 1.82) is 0 Å². The van der Waals surface area contributed by atoms with Gasteiger partial charge in [-0.1, -0.05) is 0 Å². The van der Waals surface area contributed by atoms with E-state index >= 15 is 0 Å². The van der Waals surface area contributed by atoms with Crippen LogP contribution in [0.15, 0.2) is 0 Å². The number of rotatable bonds is 2. The summed E-state index contributed by atoms with van der Waals surface area (Å²) in [5.41, 5.74) is 2.41. The predicted octanol–water partition coefficient (Wildman–Crippen LogP) is -1.37. The first-order valence-corrected chi connectivity index (χ1v) is 1.50. The van der Waals surface area contributed by atoms with E-state index in [-0.39, 0.29) is 0 Å². The molecule has 0 saturated heterocycles. The highest BCUT2D eigenvalue weighted by Gasteiger charge is 1.60. The van der Waals surface area contributed by atoms with Crippen molar-refractivity contribution >= 4 is 0 Å². The first-order valence-electron chi connectivity index (χ1n) is 1.50. The first kappa shape index (κ1) is 4.88. The maximum atomic E-state index is 4.83. The number of nitrogens with two attached hydrogens (primary N) is 1. The fourth-order valence-electron chi connectivity index (χ4n) is 0.102. The second-order valence-electron chi connectivity index (χ2n) is 0.734. The molecular weight excluding hydrogens is 66.0 g/mol. The molecule has 32 valence electrons. The molecule has 3 heteroatoms. The zero-order chi connectivity index (χ0) is 4.12. The van der Waals surface area contributed by atoms with Gasteiger partial charge in [-0.15, -0.1) is 0 Å². The molecule has 0 radical (unpaired) electrons. The second-order valence-corrected chi connectivity index (χ2v) is 0.734. The molecule has 0 saturated carbocycles. The Kier molecular flexibility index (Phi) is 3.79. The topological polar surface area (TPSA) is 50.1 Å². The summed E-state index contributed by atoms with van der Waals surface area (Å²) in [5.74, 6) is 4.83. The van der Waals surface area contributed by atoms with Gasteiger partial charge in [-0.05, 0) is 7.05 Å². The molecule has 0 unspecified atom stereocenters. The van der Waals surface area contributed by atoms with E-state index in [0.29, 0.717) is 6.67 Å². The molecule has 0 aliphatic heterocycles. The fraction of sp³-hybridized carbons (Fsp3) is 1.00. The number of nitrogens with one attached hydrogen (secondary N) is 2. The van der Waals surface area contributed by atoms with Gasteiger partial charge >= 0.3 is 0 Å². The Morgan fingerprint density at radius 2 is 2.40 bits per heavy atom. The van der Waals surface area contributed by atoms with Crippen LogP contribution < -0.4 is 16.6 Å². The average molecular weight is 75.1 g/mol. The van der Waals surface area contributed by atoms with Gasteiger partial charge in [-0.2, -0.15) is 0 Å². The molecule has 0 aromatic carbocycles. The quantitative estimate of drug-likeness (QED) is 0.215. The summed E-state index contributed by atoms with van der Waals surface area (Å²) in [6.45, 7) is 0.667. The van der Waals surface area contributed by atoms with Gasteiger partial charge in [0.1, 0.15) is 0 Å². The second kappa shape index (κ2) is 3.88. The third-order valence-corrected chi connectivity index (χ3v) is 0.279. The largest absolute Gasteiger partial charge is 0.307 e. The molecule has 0 aromatic heterocycles. The Morgan fingerprint density at radius 3 is 2.40 bits per heavy atom. The van der Waals surface area contributed by atoms with Crippen LogP contribution in [0.5, 0.6) is 0 Å². The van der Waals surface area contributed by atoms with Crippen LogP contribution >= 0.6 is 0 Å². The lowest BCUT2D eigenvalue weighted by molar-refractivity contribution is 0.661. The number of hydrazine groups is 1. The van der Waals surface area contributed by atoms with Gasteiger partial charge in [0.15, 0.2) is 0 Å². The van der Waals surface area contributed by atoms with E-state index < -0.39 is 0 Å². The maximum Gasteiger partial charge on any atom is 0.0584 e. The summed E-state index contributed by atoms with van der Waals surface area (Å²) in [5, 5.41) is 2.78. The number of hydrogen-bond donors (Lipinski definition) is 3. The molecular formula is C2H9N3. The molecule has 0 bridgehead atoms. The van der Waals surface area contributed by atoms with Crippen LogP contribution in [0.2, 0.25) is 0 Å². The summed E-state index contributed by atoms with van der Waals surface area (Å²) in [7, 11) is 1.82. The van der Waals surface area contributed by atoms with E-state index in [0.717, 1.165) is 0 Å². The van der Waals surface area contributed by atoms with E-state index in [1.54, 1.807) is 0 Å². The van der Waals surface area contributed by atoms with Crippen molar-refractivity contribution in [2.24, 2.45) is 5.84 Å². The van der Waals surface area contributed by atoms with Crippen LogP contribution in [0.4, 0.5) is 0 Å². The van der Waals surface area contributed by atoms with Gasteiger partial charge in [0, 0.05) is 0 Å². The third kappa shape index (κ3) is 3.88. The lowest BCUT2D eigenvalue weighted by atomic mass is 11.1. The summed E-state index contributed by atoms with van der Waals surface area (Å²) in [4.78, 5) is 0. The molecule has 3 nitrogen and oxygen atoms in total. The van der Waals surface area contributed by atoms with Gasteiger partial charge in [0.25, 0.3) is 0 Å². The van der Waals surface area contributed by atoms with Gasteiger partial charge < -0.3 is 5.32 Å². The smallest absolute Gasteiger partial charge is 0.0584 e. The Labute approximate surface area is 31.5 Å². The van der Waals surface area contributed by atoms with Gasteiger partial charge in [0.2, 0.25) is 0 Å². The SMILES string of the molecule is CNCNN. The van der Waals surface area contributed by atoms with Crippen molar-refractivity contribution < 1.29 is 0 Å². The molecule has 4 N–H and O–H groups in total. The van der Waals surface area contributed by atoms with E-state index in [4.69, 9.17) is 5.84 Å². The normalized spacial score (nSPS) is 8.40. The van der Waals surface area contributed by atoms with Crippen LogP contribution in [-0.4, -0.2) is 13.7 Å². The highest BCUT2D eigenvalue weighted by Crippen LogP contribution is 1.25. The zero-order valence-corrected chi connectivity index (χ0v) is 3.28. The highest BCUT2D eigenvalue weighted by molar-refractivity contribution is 4.19. The van der Waals surface area contributed by atoms with Crippen molar-refractivity contribution in [3.05, 3.63) is 0 Å². The summed E-state index contributed by atoms with van der Waals surface area (Å²) < 4.78 is 0. The lowest BCUT2D eigenvalue weighted by Gasteiger charge is -1.88. The van der Waals surface area contributed by atoms with Crippen molar-refractivity contribution in [1.82, 2.24) is 10.7 Å². The number of hydrogen-bond acceptors (Lipinski definition) is 3. The van der Waals surface area contributed by atoms with Gasteiger partial charge in [-0.25, -0.2) is 5.43 Å². The van der Waals surface area contributed by atoms with E-state index in [1.165, 1.54) is 0 Å². The van der Waals surface area contributed by atoms with Crippen LogP contribution in [-0.2, 0) is 0 Å². The van der Waals surface area contributed by atoms with Crippen molar-refractivity contribution in [3.63, 3.8) is 0 Å². The summed E-state index contributed by atoms with van der Waals surface area (Å²) in [6.07, 6.45) is 0. The fourth-order valence-corrected chi connectivity index (χ4v) is 0.102. The van der Waals surface area contributed by atoms with Crippen molar-refractivity contribution in [3.8, 4) is 0 Å². The van der Waals surface area contributed by atoms with Gasteiger partial charge in [0.05, 0.1) is 6.67 Å². The molecule has 0 fully saturated rings. The zero-order valence-electron chi connectivity index (χ0n) is 3.28. The third-order valence-electron chi connectivity index (χ3n) is 0.279. The van der Waals surface area contributed by atoms with Gasteiger partial charge in [-0.3, -0.25) is 5.84 Å². The molecule has 0 heterocycles. The monoisotopic (exact) mass is 75.1 g/mol. The summed E-state index contributed by atoms with van der Waals surface area (Å²) in [6, 6.07) is 0. The Balaban J connectivity index is 2.19. The molecule has 0 atom stereocenters. The minimum atomic E-state index is 0.667. The molecule has 0 rings (SSSR count). The van der Waals surface area contributed by atoms with Crippen molar-refractivity contribution in [2.45, 2.75) is 0 Å². The molecule has 0 aliphatic carbocycles. The minimum Gasteiger partial charge on any atom is -0.307 e. The predicted molar refractivity (Wildman–Crippen MR) is 21.2 cm³/mol. The van der Waals surface area contributed by atoms with Crippen LogP contribution in [0.25, 0.3) is 0 Å². The maximum absolute atomic E-state index is 4.83. The standard InChI is InChI=1S/C2H9N3/c1-4-2-5-3/h4-5H,2-3H2,1H3. The molecule has 0 aromatic rings. The van der Waals surface area contributed by atoms with Crippen molar-refractivity contribution in [2.75, 3.05) is 13.7 Å².